The Morgan fingerprint density at radius 1 is 1.10 bits per heavy atom. The number of nitrogens with one attached hydrogen (secondary N) is 1. The number of hydrogen-bond donors (Lipinski definition) is 2. The molecule has 0 fully saturated rings. The number of nitrogens with two attached hydrogens (primary N) is 1. The van der Waals surface area contributed by atoms with Gasteiger partial charge in [0.05, 0.1) is 5.69 Å². The van der Waals surface area contributed by atoms with Crippen molar-refractivity contribution in [2.45, 2.75) is 32.8 Å². The number of imidazole rings is 1. The van der Waals surface area contributed by atoms with Crippen molar-refractivity contribution in [1.82, 2.24) is 9.97 Å². The smallest absolute Gasteiger partial charge is 0.405 e. The molecule has 6 heteroatoms. The molecule has 2 aromatic carbocycles. The van der Waals surface area contributed by atoms with Crippen LogP contribution in [0.5, 0.6) is 0 Å². The van der Waals surface area contributed by atoms with Crippen molar-refractivity contribution in [3.63, 3.8) is 0 Å². The maximum Gasteiger partial charge on any atom is 0.405 e. The Labute approximate surface area is 179 Å². The number of carbonyl (C=O) groups excluding carboxylic acids is 1. The molecular formula is C24H25N3O2S. The van der Waals surface area contributed by atoms with E-state index in [2.05, 4.69) is 22.5 Å². The van der Waals surface area contributed by atoms with Gasteiger partial charge in [0.15, 0.2) is 11.4 Å². The lowest BCUT2D eigenvalue weighted by atomic mass is 9.72. The molecule has 1 amide bonds. The molecule has 4 aromatic rings. The minimum absolute atomic E-state index is 0.463. The molecule has 0 saturated heterocycles. The predicted octanol–water partition coefficient (Wildman–Crippen LogP) is 5.87. The number of nitrogens with zero attached hydrogens (tertiary/aromatic N) is 1. The van der Waals surface area contributed by atoms with E-state index in [-0.39, 0.29) is 0 Å². The van der Waals surface area contributed by atoms with Crippen molar-refractivity contribution < 1.29 is 9.53 Å². The van der Waals surface area contributed by atoms with Crippen LogP contribution in [0.3, 0.4) is 0 Å². The fourth-order valence-electron chi connectivity index (χ4n) is 3.84. The van der Waals surface area contributed by atoms with Crippen LogP contribution >= 0.6 is 11.3 Å². The fraction of sp³-hybridized carbons (Fsp3) is 0.250. The van der Waals surface area contributed by atoms with E-state index in [1.807, 2.05) is 69.4 Å². The van der Waals surface area contributed by atoms with Gasteiger partial charge in [-0.15, -0.1) is 11.3 Å². The zero-order valence-corrected chi connectivity index (χ0v) is 18.1. The molecule has 30 heavy (non-hydrogen) atoms. The number of amides is 1. The summed E-state index contributed by atoms with van der Waals surface area (Å²) in [7, 11) is 0. The summed E-state index contributed by atoms with van der Waals surface area (Å²) in [6, 6.07) is 18.1. The van der Waals surface area contributed by atoms with Gasteiger partial charge in [0.25, 0.3) is 0 Å². The van der Waals surface area contributed by atoms with Crippen LogP contribution < -0.4 is 5.73 Å². The van der Waals surface area contributed by atoms with Crippen molar-refractivity contribution in [1.29, 1.82) is 0 Å². The van der Waals surface area contributed by atoms with Gasteiger partial charge in [-0.05, 0) is 22.4 Å². The third-order valence-corrected chi connectivity index (χ3v) is 6.53. The summed E-state index contributed by atoms with van der Waals surface area (Å²) in [6.07, 6.45) is 1.49. The Kier molecular flexibility index (Phi) is 5.12. The van der Waals surface area contributed by atoms with Crippen LogP contribution in [0.4, 0.5) is 4.79 Å². The first kappa shape index (κ1) is 20.2. The highest BCUT2D eigenvalue weighted by Crippen LogP contribution is 2.46. The highest BCUT2D eigenvalue weighted by atomic mass is 32.1. The predicted molar refractivity (Wildman–Crippen MR) is 121 cm³/mol. The third-order valence-electron chi connectivity index (χ3n) is 5.52. The second-order valence-electron chi connectivity index (χ2n) is 8.43. The Bertz CT molecular complexity index is 1170. The van der Waals surface area contributed by atoms with Gasteiger partial charge in [-0.25, -0.2) is 9.78 Å². The summed E-state index contributed by atoms with van der Waals surface area (Å²) in [5.41, 5.74) is 6.92. The van der Waals surface area contributed by atoms with Crippen molar-refractivity contribution in [3.05, 3.63) is 77.6 Å². The quantitative estimate of drug-likeness (QED) is 0.424. The van der Waals surface area contributed by atoms with Gasteiger partial charge in [0, 0.05) is 28.3 Å². The van der Waals surface area contributed by atoms with Crippen LogP contribution in [0.15, 0.2) is 66.2 Å². The lowest BCUT2D eigenvalue weighted by Gasteiger charge is -2.42. The van der Waals surface area contributed by atoms with Gasteiger partial charge >= 0.3 is 6.09 Å². The molecule has 0 aliphatic heterocycles. The maximum absolute atomic E-state index is 12.1. The van der Waals surface area contributed by atoms with Gasteiger partial charge in [-0.3, -0.25) is 0 Å². The molecule has 3 N–H and O–H groups in total. The van der Waals surface area contributed by atoms with E-state index in [9.17, 15) is 4.79 Å². The van der Waals surface area contributed by atoms with E-state index in [0.717, 1.165) is 22.2 Å². The van der Waals surface area contributed by atoms with Gasteiger partial charge < -0.3 is 15.5 Å². The number of aromatic nitrogens is 2. The van der Waals surface area contributed by atoms with E-state index >= 15 is 0 Å². The Balaban J connectivity index is 1.85. The Morgan fingerprint density at radius 2 is 1.80 bits per heavy atom. The highest BCUT2D eigenvalue weighted by Gasteiger charge is 2.50. The Morgan fingerprint density at radius 3 is 2.50 bits per heavy atom. The van der Waals surface area contributed by atoms with Crippen LogP contribution in [0.25, 0.3) is 21.3 Å². The lowest BCUT2D eigenvalue weighted by molar-refractivity contribution is -0.0766. The van der Waals surface area contributed by atoms with Crippen LogP contribution in [0, 0.1) is 5.41 Å². The zero-order chi connectivity index (χ0) is 21.4. The molecule has 5 nitrogen and oxygen atoms in total. The summed E-state index contributed by atoms with van der Waals surface area (Å²) in [6.45, 7) is 6.11. The van der Waals surface area contributed by atoms with Crippen LogP contribution in [-0.2, 0) is 16.8 Å². The van der Waals surface area contributed by atoms with Gasteiger partial charge in [0.1, 0.15) is 0 Å². The third kappa shape index (κ3) is 3.59. The number of rotatable bonds is 5. The fourth-order valence-corrected chi connectivity index (χ4v) is 4.80. The lowest BCUT2D eigenvalue weighted by Crippen LogP contribution is -2.48. The summed E-state index contributed by atoms with van der Waals surface area (Å²) in [5.74, 6) is 0.586. The number of primary amides is 1. The van der Waals surface area contributed by atoms with Crippen molar-refractivity contribution in [3.8, 4) is 11.3 Å². The van der Waals surface area contributed by atoms with Crippen molar-refractivity contribution in [2.75, 3.05) is 0 Å². The summed E-state index contributed by atoms with van der Waals surface area (Å²) < 4.78 is 7.10. The van der Waals surface area contributed by atoms with E-state index in [4.69, 9.17) is 15.5 Å². The minimum atomic E-state index is -1.06. The molecule has 1 atom stereocenters. The topological polar surface area (TPSA) is 81.0 Å². The second kappa shape index (κ2) is 7.61. The summed E-state index contributed by atoms with van der Waals surface area (Å²) in [5, 5.41) is 3.27. The van der Waals surface area contributed by atoms with Crippen LogP contribution in [0.1, 0.15) is 32.2 Å². The molecule has 154 valence electrons. The highest BCUT2D eigenvalue weighted by molar-refractivity contribution is 7.17. The van der Waals surface area contributed by atoms with Crippen LogP contribution in [-0.4, -0.2) is 16.1 Å². The molecular weight excluding hydrogens is 394 g/mol. The SMILES string of the molecule is CC(C)(C)[C@@](Cc1csc2ccccc12)(OC(N)=O)c1nc(-c2ccccc2)c[nH]1. The van der Waals surface area contributed by atoms with E-state index in [0.29, 0.717) is 12.2 Å². The van der Waals surface area contributed by atoms with Gasteiger partial charge in [0.2, 0.25) is 0 Å². The van der Waals surface area contributed by atoms with Crippen molar-refractivity contribution >= 4 is 27.5 Å². The number of hydrogen-bond acceptors (Lipinski definition) is 4. The number of thiophene rings is 1. The number of carbonyl (C=O) groups is 1. The second-order valence-corrected chi connectivity index (χ2v) is 9.34. The van der Waals surface area contributed by atoms with E-state index < -0.39 is 17.1 Å². The molecule has 2 aromatic heterocycles. The number of benzene rings is 2. The molecule has 0 radical (unpaired) electrons. The molecule has 0 bridgehead atoms. The maximum atomic E-state index is 12.1. The first-order valence-corrected chi connectivity index (χ1v) is 10.7. The molecule has 0 spiro atoms. The Hall–Kier alpha value is -3.12. The minimum Gasteiger partial charge on any atom is -0.434 e. The van der Waals surface area contributed by atoms with Crippen LogP contribution in [0.2, 0.25) is 0 Å². The first-order chi connectivity index (χ1) is 14.3. The number of H-pyrrole nitrogens is 1. The molecule has 2 heterocycles. The normalized spacial score (nSPS) is 13.8. The molecule has 0 saturated carbocycles. The summed E-state index contributed by atoms with van der Waals surface area (Å²) in [4.78, 5) is 20.2. The summed E-state index contributed by atoms with van der Waals surface area (Å²) >= 11 is 1.68. The van der Waals surface area contributed by atoms with E-state index in [1.54, 1.807) is 11.3 Å². The number of fused-ring (bicyclic) bond motifs is 1. The number of aromatic amines is 1. The molecule has 0 unspecified atom stereocenters. The van der Waals surface area contributed by atoms with Gasteiger partial charge in [-0.2, -0.15) is 0 Å². The average molecular weight is 420 g/mol. The molecule has 0 aliphatic carbocycles. The monoisotopic (exact) mass is 419 g/mol. The van der Waals surface area contributed by atoms with Crippen molar-refractivity contribution in [2.24, 2.45) is 11.1 Å². The van der Waals surface area contributed by atoms with E-state index in [1.165, 1.54) is 4.70 Å². The first-order valence-electron chi connectivity index (χ1n) is 9.85. The van der Waals surface area contributed by atoms with Gasteiger partial charge in [-0.1, -0.05) is 69.3 Å². The average Bonchev–Trinajstić information content (AvgIpc) is 3.35. The molecule has 0 aliphatic rings. The zero-order valence-electron chi connectivity index (χ0n) is 17.3. The number of ether oxygens (including phenoxy) is 1. The molecule has 4 rings (SSSR count). The largest absolute Gasteiger partial charge is 0.434 e. The standard InChI is InChI=1S/C24H25N3O2S/c1-23(2,3)24(29-22(25)28,13-17-15-30-20-12-8-7-11-18(17)20)21-26-14-19(27-21)16-9-5-4-6-10-16/h4-12,14-15H,13H2,1-3H3,(H2,25,28)(H,26,27)/t24-/m0/s1.